The van der Waals surface area contributed by atoms with Gasteiger partial charge in [-0.15, -0.1) is 16.4 Å². The van der Waals surface area contributed by atoms with E-state index >= 15 is 0 Å². The number of carbonyl (C=O) groups is 1. The number of aromatic nitrogens is 4. The lowest BCUT2D eigenvalue weighted by Gasteiger charge is -2.34. The maximum Gasteiger partial charge on any atom is 0.241 e. The van der Waals surface area contributed by atoms with E-state index < -0.39 is 0 Å². The van der Waals surface area contributed by atoms with Gasteiger partial charge in [0.25, 0.3) is 0 Å². The van der Waals surface area contributed by atoms with E-state index in [0.29, 0.717) is 0 Å². The van der Waals surface area contributed by atoms with Crippen LogP contribution in [-0.4, -0.2) is 43.6 Å². The van der Waals surface area contributed by atoms with Gasteiger partial charge >= 0.3 is 0 Å². The predicted octanol–water partition coefficient (Wildman–Crippen LogP) is 3.03. The molecule has 0 spiro atoms. The zero-order chi connectivity index (χ0) is 18.6. The first-order valence-corrected chi connectivity index (χ1v) is 9.94. The number of tetrazole rings is 1. The maximum absolute atomic E-state index is 12.9. The second kappa shape index (κ2) is 7.98. The Morgan fingerprint density at radius 1 is 1.22 bits per heavy atom. The summed E-state index contributed by atoms with van der Waals surface area (Å²) in [5, 5.41) is 14.2. The molecular formula is C19H22N6OS. The molecule has 1 aliphatic rings. The van der Waals surface area contributed by atoms with Crippen LogP contribution >= 0.6 is 11.3 Å². The molecule has 1 N–H and O–H groups in total. The number of benzene rings is 1. The molecular weight excluding hydrogens is 360 g/mol. The Bertz CT molecular complexity index is 889. The average Bonchev–Trinajstić information content (AvgIpc) is 3.35. The van der Waals surface area contributed by atoms with Gasteiger partial charge in [0.2, 0.25) is 5.91 Å². The van der Waals surface area contributed by atoms with Crippen molar-refractivity contribution in [2.75, 3.05) is 11.9 Å². The Balaban J connectivity index is 1.42. The van der Waals surface area contributed by atoms with Crippen LogP contribution in [0.4, 0.5) is 5.69 Å². The number of aryl methyl sites for hydroxylation is 1. The number of rotatable bonds is 5. The molecule has 140 valence electrons. The van der Waals surface area contributed by atoms with Crippen molar-refractivity contribution in [1.82, 2.24) is 25.1 Å². The van der Waals surface area contributed by atoms with Crippen LogP contribution in [0.5, 0.6) is 0 Å². The SMILES string of the molecule is Cc1ccc(CN2CCCC[C@H]2C(=O)Nc2ccc(-n3cnnn3)cc2)s1. The molecule has 0 radical (unpaired) electrons. The summed E-state index contributed by atoms with van der Waals surface area (Å²) in [6.45, 7) is 3.93. The van der Waals surface area contributed by atoms with E-state index in [2.05, 4.69) is 44.8 Å². The van der Waals surface area contributed by atoms with Crippen molar-refractivity contribution in [1.29, 1.82) is 0 Å². The van der Waals surface area contributed by atoms with Crippen LogP contribution in [0.3, 0.4) is 0 Å². The lowest BCUT2D eigenvalue weighted by atomic mass is 10.0. The number of amides is 1. The van der Waals surface area contributed by atoms with Crippen molar-refractivity contribution in [3.63, 3.8) is 0 Å². The fraction of sp³-hybridized carbons (Fsp3) is 0.368. The van der Waals surface area contributed by atoms with Gasteiger partial charge in [-0.25, -0.2) is 4.68 Å². The van der Waals surface area contributed by atoms with Gasteiger partial charge in [-0.2, -0.15) is 0 Å². The Kier molecular flexibility index (Phi) is 5.26. The first-order chi connectivity index (χ1) is 13.2. The average molecular weight is 382 g/mol. The highest BCUT2D eigenvalue weighted by Gasteiger charge is 2.29. The van der Waals surface area contributed by atoms with Crippen LogP contribution in [0.15, 0.2) is 42.7 Å². The quantitative estimate of drug-likeness (QED) is 0.734. The first-order valence-electron chi connectivity index (χ1n) is 9.13. The van der Waals surface area contributed by atoms with Crippen molar-refractivity contribution in [3.05, 3.63) is 52.5 Å². The zero-order valence-corrected chi connectivity index (χ0v) is 16.0. The van der Waals surface area contributed by atoms with Crippen LogP contribution in [0, 0.1) is 6.92 Å². The lowest BCUT2D eigenvalue weighted by Crippen LogP contribution is -2.46. The number of anilines is 1. The molecule has 8 heteroatoms. The third-order valence-corrected chi connectivity index (χ3v) is 5.81. The van der Waals surface area contributed by atoms with E-state index in [1.165, 1.54) is 9.75 Å². The smallest absolute Gasteiger partial charge is 0.241 e. The fourth-order valence-corrected chi connectivity index (χ4v) is 4.37. The van der Waals surface area contributed by atoms with Crippen LogP contribution in [-0.2, 0) is 11.3 Å². The Morgan fingerprint density at radius 3 is 2.78 bits per heavy atom. The molecule has 2 aromatic heterocycles. The van der Waals surface area contributed by atoms with Crippen molar-refractivity contribution >= 4 is 22.9 Å². The second-order valence-electron chi connectivity index (χ2n) is 6.78. The van der Waals surface area contributed by atoms with Crippen molar-refractivity contribution in [2.24, 2.45) is 0 Å². The number of hydrogen-bond donors (Lipinski definition) is 1. The van der Waals surface area contributed by atoms with Crippen molar-refractivity contribution in [3.8, 4) is 5.69 Å². The molecule has 0 unspecified atom stereocenters. The zero-order valence-electron chi connectivity index (χ0n) is 15.2. The standard InChI is InChI=1S/C19H22N6OS/c1-14-5-10-17(27-14)12-24-11-3-2-4-18(24)19(26)21-15-6-8-16(9-7-15)25-13-20-22-23-25/h5-10,13,18H,2-4,11-12H2,1H3,(H,21,26)/t18-/m0/s1. The van der Waals surface area contributed by atoms with Gasteiger partial charge in [0.15, 0.2) is 0 Å². The van der Waals surface area contributed by atoms with Crippen LogP contribution in [0.2, 0.25) is 0 Å². The van der Waals surface area contributed by atoms with E-state index in [9.17, 15) is 4.79 Å². The normalized spacial score (nSPS) is 17.7. The highest BCUT2D eigenvalue weighted by atomic mass is 32.1. The molecule has 4 rings (SSSR count). The predicted molar refractivity (Wildman–Crippen MR) is 105 cm³/mol. The molecule has 1 amide bonds. The Labute approximate surface area is 162 Å². The minimum Gasteiger partial charge on any atom is -0.325 e. The highest BCUT2D eigenvalue weighted by Crippen LogP contribution is 2.24. The number of nitrogens with one attached hydrogen (secondary N) is 1. The van der Waals surface area contributed by atoms with Gasteiger partial charge in [-0.05, 0) is 73.1 Å². The lowest BCUT2D eigenvalue weighted by molar-refractivity contribution is -0.122. The minimum absolute atomic E-state index is 0.0677. The van der Waals surface area contributed by atoms with Gasteiger partial charge in [0, 0.05) is 22.0 Å². The summed E-state index contributed by atoms with van der Waals surface area (Å²) in [4.78, 5) is 17.8. The topological polar surface area (TPSA) is 75.9 Å². The Hall–Kier alpha value is -2.58. The van der Waals surface area contributed by atoms with Crippen molar-refractivity contribution < 1.29 is 4.79 Å². The number of nitrogens with zero attached hydrogens (tertiary/aromatic N) is 5. The summed E-state index contributed by atoms with van der Waals surface area (Å²) in [6.07, 6.45) is 4.68. The number of piperidine rings is 1. The summed E-state index contributed by atoms with van der Waals surface area (Å²) in [5.74, 6) is 0.0677. The molecule has 0 saturated carbocycles. The second-order valence-corrected chi connectivity index (χ2v) is 8.16. The van der Waals surface area contributed by atoms with Gasteiger partial charge in [-0.1, -0.05) is 6.42 Å². The molecule has 7 nitrogen and oxygen atoms in total. The van der Waals surface area contributed by atoms with Crippen LogP contribution in [0.1, 0.15) is 29.0 Å². The molecule has 1 fully saturated rings. The van der Waals surface area contributed by atoms with E-state index in [-0.39, 0.29) is 11.9 Å². The van der Waals surface area contributed by atoms with Crippen molar-refractivity contribution in [2.45, 2.75) is 38.8 Å². The monoisotopic (exact) mass is 382 g/mol. The highest BCUT2D eigenvalue weighted by molar-refractivity contribution is 7.11. The summed E-state index contributed by atoms with van der Waals surface area (Å²) in [5.41, 5.74) is 1.64. The van der Waals surface area contributed by atoms with Gasteiger partial charge < -0.3 is 5.32 Å². The largest absolute Gasteiger partial charge is 0.325 e. The molecule has 0 aliphatic carbocycles. The van der Waals surface area contributed by atoms with E-state index in [0.717, 1.165) is 43.7 Å². The minimum atomic E-state index is -0.0830. The van der Waals surface area contributed by atoms with Gasteiger partial charge in [-0.3, -0.25) is 9.69 Å². The number of thiophene rings is 1. The summed E-state index contributed by atoms with van der Waals surface area (Å²) >= 11 is 1.81. The molecule has 1 saturated heterocycles. The third kappa shape index (κ3) is 4.23. The number of carbonyl (C=O) groups excluding carboxylic acids is 1. The molecule has 1 aliphatic heterocycles. The molecule has 1 aromatic carbocycles. The molecule has 3 aromatic rings. The first kappa shape index (κ1) is 17.8. The van der Waals surface area contributed by atoms with Crippen LogP contribution in [0.25, 0.3) is 5.69 Å². The maximum atomic E-state index is 12.9. The molecule has 0 bridgehead atoms. The van der Waals surface area contributed by atoms with E-state index in [1.54, 1.807) is 11.0 Å². The summed E-state index contributed by atoms with van der Waals surface area (Å²) < 4.78 is 1.58. The summed E-state index contributed by atoms with van der Waals surface area (Å²) in [7, 11) is 0. The third-order valence-electron chi connectivity index (χ3n) is 4.82. The van der Waals surface area contributed by atoms with E-state index in [1.807, 2.05) is 35.6 Å². The van der Waals surface area contributed by atoms with E-state index in [4.69, 9.17) is 0 Å². The number of hydrogen-bond acceptors (Lipinski definition) is 6. The summed E-state index contributed by atoms with van der Waals surface area (Å²) in [6, 6.07) is 11.8. The molecule has 1 atom stereocenters. The van der Waals surface area contributed by atoms with Crippen LogP contribution < -0.4 is 5.32 Å². The molecule has 3 heterocycles. The van der Waals surface area contributed by atoms with Gasteiger partial charge in [0.1, 0.15) is 6.33 Å². The fourth-order valence-electron chi connectivity index (χ4n) is 3.45. The Morgan fingerprint density at radius 2 is 2.07 bits per heavy atom. The molecule has 27 heavy (non-hydrogen) atoms. The van der Waals surface area contributed by atoms with Gasteiger partial charge in [0.05, 0.1) is 11.7 Å². The number of likely N-dealkylation sites (tertiary alicyclic amines) is 1.